The number of benzene rings is 1. The quantitative estimate of drug-likeness (QED) is 0.520. The van der Waals surface area contributed by atoms with Gasteiger partial charge in [-0.1, -0.05) is 0 Å². The first kappa shape index (κ1) is 16.5. The van der Waals surface area contributed by atoms with Crippen molar-refractivity contribution in [3.05, 3.63) is 54.6 Å². The second-order valence-electron chi connectivity index (χ2n) is 5.53. The van der Waals surface area contributed by atoms with E-state index in [4.69, 9.17) is 0 Å². The van der Waals surface area contributed by atoms with Crippen LogP contribution in [0, 0.1) is 6.92 Å². The highest BCUT2D eigenvalue weighted by Crippen LogP contribution is 2.35. The van der Waals surface area contributed by atoms with Crippen LogP contribution in [-0.2, 0) is 0 Å². The number of aromatic nitrogens is 4. The van der Waals surface area contributed by atoms with Gasteiger partial charge in [-0.05, 0) is 42.3 Å². The van der Waals surface area contributed by atoms with Crippen molar-refractivity contribution in [2.75, 3.05) is 0 Å². The second-order valence-corrected chi connectivity index (χ2v) is 6.56. The van der Waals surface area contributed by atoms with E-state index in [9.17, 15) is 8.78 Å². The zero-order valence-electron chi connectivity index (χ0n) is 13.6. The Labute approximate surface area is 151 Å². The van der Waals surface area contributed by atoms with Crippen LogP contribution in [0.2, 0.25) is 0 Å². The van der Waals surface area contributed by atoms with Gasteiger partial charge in [0.15, 0.2) is 0 Å². The Morgan fingerprint density at radius 2 is 1.88 bits per heavy atom. The van der Waals surface area contributed by atoms with Crippen molar-refractivity contribution in [1.82, 2.24) is 19.9 Å². The number of hydrogen-bond acceptors (Lipinski definition) is 6. The van der Waals surface area contributed by atoms with Crippen molar-refractivity contribution in [2.45, 2.75) is 13.5 Å². The largest absolute Gasteiger partial charge is 0.415 e. The zero-order chi connectivity index (χ0) is 18.1. The number of halogens is 2. The summed E-state index contributed by atoms with van der Waals surface area (Å²) < 4.78 is 29.2. The molecule has 3 heterocycles. The summed E-state index contributed by atoms with van der Waals surface area (Å²) in [5.74, 6) is -0.208. The molecule has 0 saturated carbocycles. The summed E-state index contributed by atoms with van der Waals surface area (Å²) in [6.07, 6.45) is 6.45. The SMILES string of the molecule is Cc1cc(-c2ncc(-c3ccncc3)s2)c2ncc(OC(F)F)nc2c1. The molecule has 0 aliphatic heterocycles. The predicted molar refractivity (Wildman–Crippen MR) is 95.2 cm³/mol. The molecule has 0 amide bonds. The van der Waals surface area contributed by atoms with E-state index in [-0.39, 0.29) is 5.88 Å². The number of rotatable bonds is 4. The van der Waals surface area contributed by atoms with Gasteiger partial charge in [0.05, 0.1) is 22.1 Å². The third-order valence-corrected chi connectivity index (χ3v) is 4.76. The van der Waals surface area contributed by atoms with Gasteiger partial charge in [0.25, 0.3) is 0 Å². The molecule has 26 heavy (non-hydrogen) atoms. The zero-order valence-corrected chi connectivity index (χ0v) is 14.4. The Balaban J connectivity index is 1.80. The Morgan fingerprint density at radius 3 is 2.65 bits per heavy atom. The van der Waals surface area contributed by atoms with Crippen molar-refractivity contribution >= 4 is 22.4 Å². The Hall–Kier alpha value is -3.00. The fourth-order valence-electron chi connectivity index (χ4n) is 2.61. The molecule has 0 radical (unpaired) electrons. The van der Waals surface area contributed by atoms with Gasteiger partial charge in [-0.15, -0.1) is 11.3 Å². The van der Waals surface area contributed by atoms with Crippen LogP contribution in [0.15, 0.2) is 49.1 Å². The predicted octanol–water partition coefficient (Wildman–Crippen LogP) is 4.73. The summed E-state index contributed by atoms with van der Waals surface area (Å²) in [5, 5.41) is 0.780. The summed E-state index contributed by atoms with van der Waals surface area (Å²) in [6, 6.07) is 7.57. The molecular weight excluding hydrogens is 358 g/mol. The van der Waals surface area contributed by atoms with Crippen LogP contribution in [0.5, 0.6) is 5.88 Å². The highest BCUT2D eigenvalue weighted by molar-refractivity contribution is 7.18. The van der Waals surface area contributed by atoms with Crippen LogP contribution < -0.4 is 4.74 Å². The topological polar surface area (TPSA) is 60.8 Å². The molecule has 4 aromatic rings. The van der Waals surface area contributed by atoms with Crippen LogP contribution in [0.4, 0.5) is 8.78 Å². The third kappa shape index (κ3) is 3.23. The molecule has 5 nitrogen and oxygen atoms in total. The maximum Gasteiger partial charge on any atom is 0.388 e. The van der Waals surface area contributed by atoms with Crippen LogP contribution in [0.25, 0.3) is 32.0 Å². The van der Waals surface area contributed by atoms with Gasteiger partial charge in [-0.2, -0.15) is 8.78 Å². The van der Waals surface area contributed by atoms with Crippen molar-refractivity contribution in [3.8, 4) is 26.9 Å². The summed E-state index contributed by atoms with van der Waals surface area (Å²) >= 11 is 1.52. The number of nitrogens with zero attached hydrogens (tertiary/aromatic N) is 4. The van der Waals surface area contributed by atoms with E-state index >= 15 is 0 Å². The van der Waals surface area contributed by atoms with Gasteiger partial charge >= 0.3 is 6.61 Å². The maximum atomic E-state index is 12.4. The molecule has 0 atom stereocenters. The molecule has 130 valence electrons. The molecule has 0 spiro atoms. The number of fused-ring (bicyclic) bond motifs is 1. The maximum absolute atomic E-state index is 12.4. The first-order valence-corrected chi connectivity index (χ1v) is 8.50. The van der Waals surface area contributed by atoms with Crippen LogP contribution in [0.1, 0.15) is 5.56 Å². The fourth-order valence-corrected chi connectivity index (χ4v) is 3.55. The Bertz CT molecular complexity index is 1070. The lowest BCUT2D eigenvalue weighted by atomic mass is 10.1. The molecule has 0 fully saturated rings. The van der Waals surface area contributed by atoms with Crippen LogP contribution in [0.3, 0.4) is 0 Å². The number of hydrogen-bond donors (Lipinski definition) is 0. The molecule has 0 unspecified atom stereocenters. The van der Waals surface area contributed by atoms with E-state index in [0.717, 1.165) is 26.6 Å². The minimum absolute atomic E-state index is 0.208. The van der Waals surface area contributed by atoms with Crippen LogP contribution >= 0.6 is 11.3 Å². The molecule has 0 saturated heterocycles. The molecule has 0 N–H and O–H groups in total. The number of aryl methyl sites for hydroxylation is 1. The normalized spacial score (nSPS) is 11.2. The van der Waals surface area contributed by atoms with E-state index in [0.29, 0.717) is 11.0 Å². The minimum atomic E-state index is -2.94. The number of alkyl halides is 2. The fraction of sp³-hybridized carbons (Fsp3) is 0.111. The van der Waals surface area contributed by atoms with Crippen molar-refractivity contribution in [2.24, 2.45) is 0 Å². The third-order valence-electron chi connectivity index (χ3n) is 3.68. The number of ether oxygens (including phenoxy) is 1. The number of thiazole rings is 1. The molecule has 4 rings (SSSR count). The van der Waals surface area contributed by atoms with Crippen LogP contribution in [-0.4, -0.2) is 26.5 Å². The number of pyridine rings is 1. The summed E-state index contributed by atoms with van der Waals surface area (Å²) in [6.45, 7) is -1.03. The van der Waals surface area contributed by atoms with E-state index in [1.165, 1.54) is 17.5 Å². The van der Waals surface area contributed by atoms with E-state index < -0.39 is 6.61 Å². The Kier molecular flexibility index (Phi) is 4.26. The summed E-state index contributed by atoms with van der Waals surface area (Å²) in [5.41, 5.74) is 3.84. The highest BCUT2D eigenvalue weighted by Gasteiger charge is 2.14. The first-order valence-electron chi connectivity index (χ1n) is 7.69. The summed E-state index contributed by atoms with van der Waals surface area (Å²) in [7, 11) is 0. The smallest absolute Gasteiger partial charge is 0.388 e. The van der Waals surface area contributed by atoms with Gasteiger partial charge in [-0.25, -0.2) is 15.0 Å². The molecule has 0 bridgehead atoms. The van der Waals surface area contributed by atoms with Gasteiger partial charge < -0.3 is 4.74 Å². The highest BCUT2D eigenvalue weighted by atomic mass is 32.1. The Morgan fingerprint density at radius 1 is 1.08 bits per heavy atom. The average molecular weight is 370 g/mol. The molecular formula is C18H12F2N4OS. The van der Waals surface area contributed by atoms with Gasteiger partial charge in [-0.3, -0.25) is 4.98 Å². The van der Waals surface area contributed by atoms with Gasteiger partial charge in [0.2, 0.25) is 5.88 Å². The lowest BCUT2D eigenvalue weighted by molar-refractivity contribution is -0.0528. The molecule has 0 aliphatic carbocycles. The van der Waals surface area contributed by atoms with E-state index in [2.05, 4.69) is 24.7 Å². The first-order chi connectivity index (χ1) is 12.6. The second kappa shape index (κ2) is 6.72. The monoisotopic (exact) mass is 370 g/mol. The van der Waals surface area contributed by atoms with E-state index in [1.807, 2.05) is 25.1 Å². The summed E-state index contributed by atoms with van der Waals surface area (Å²) in [4.78, 5) is 17.9. The molecule has 8 heteroatoms. The molecule has 1 aromatic carbocycles. The van der Waals surface area contributed by atoms with Crippen molar-refractivity contribution in [1.29, 1.82) is 0 Å². The molecule has 0 aliphatic rings. The lowest BCUT2D eigenvalue weighted by Gasteiger charge is -2.07. The lowest BCUT2D eigenvalue weighted by Crippen LogP contribution is -2.04. The molecule has 3 aromatic heterocycles. The van der Waals surface area contributed by atoms with Crippen molar-refractivity contribution < 1.29 is 13.5 Å². The van der Waals surface area contributed by atoms with Crippen molar-refractivity contribution in [3.63, 3.8) is 0 Å². The average Bonchev–Trinajstić information content (AvgIpc) is 3.11. The minimum Gasteiger partial charge on any atom is -0.415 e. The van der Waals surface area contributed by atoms with Gasteiger partial charge in [0, 0.05) is 24.2 Å². The van der Waals surface area contributed by atoms with Gasteiger partial charge in [0.1, 0.15) is 5.01 Å². The standard InChI is InChI=1S/C18H12F2N4OS/c1-10-6-12(16-13(7-10)24-15(9-22-16)25-18(19)20)17-23-8-14(26-17)11-2-4-21-5-3-11/h2-9,18H,1H3. The van der Waals surface area contributed by atoms with E-state index in [1.54, 1.807) is 24.7 Å².